The van der Waals surface area contributed by atoms with E-state index in [1.165, 1.54) is 22.2 Å². The van der Waals surface area contributed by atoms with Gasteiger partial charge >= 0.3 is 0 Å². The Labute approximate surface area is 172 Å². The normalized spacial score (nSPS) is 16.1. The molecule has 0 bridgehead atoms. The molecule has 28 heavy (non-hydrogen) atoms. The Morgan fingerprint density at radius 1 is 1.36 bits per heavy atom. The number of para-hydroxylation sites is 1. The number of amides is 1. The molecule has 1 aliphatic rings. The summed E-state index contributed by atoms with van der Waals surface area (Å²) in [6, 6.07) is 9.63. The number of H-pyrrole nitrogens is 1. The zero-order valence-corrected chi connectivity index (χ0v) is 17.7. The maximum atomic E-state index is 12.7. The minimum atomic E-state index is -0.0811. The van der Waals surface area contributed by atoms with Gasteiger partial charge in [0, 0.05) is 17.1 Å². The number of nitrogens with zero attached hydrogens (tertiary/aromatic N) is 2. The number of aromatic nitrogens is 2. The molecule has 2 heterocycles. The van der Waals surface area contributed by atoms with E-state index in [1.807, 2.05) is 37.3 Å². The van der Waals surface area contributed by atoms with E-state index >= 15 is 0 Å². The summed E-state index contributed by atoms with van der Waals surface area (Å²) in [5.41, 5.74) is 1.98. The molecule has 0 fully saturated rings. The van der Waals surface area contributed by atoms with Crippen molar-refractivity contribution >= 4 is 44.9 Å². The highest BCUT2D eigenvalue weighted by Crippen LogP contribution is 2.36. The zero-order valence-electron chi connectivity index (χ0n) is 16.0. The number of nitrogens with one attached hydrogen (secondary N) is 1. The van der Waals surface area contributed by atoms with Crippen LogP contribution in [0.4, 0.5) is 5.69 Å². The van der Waals surface area contributed by atoms with Crippen molar-refractivity contribution in [1.29, 1.82) is 0 Å². The first kappa shape index (κ1) is 19.2. The maximum Gasteiger partial charge on any atom is 0.260 e. The van der Waals surface area contributed by atoms with Crippen LogP contribution in [0.15, 0.2) is 40.3 Å². The summed E-state index contributed by atoms with van der Waals surface area (Å²) < 4.78 is 0. The van der Waals surface area contributed by atoms with Crippen molar-refractivity contribution in [1.82, 2.24) is 9.97 Å². The lowest BCUT2D eigenvalue weighted by Crippen LogP contribution is -2.32. The number of aryl methyl sites for hydroxylation is 1. The molecule has 0 unspecified atom stereocenters. The molecule has 1 aliphatic carbocycles. The van der Waals surface area contributed by atoms with E-state index in [0.717, 1.165) is 35.2 Å². The highest BCUT2D eigenvalue weighted by atomic mass is 32.2. The van der Waals surface area contributed by atoms with Crippen LogP contribution < -0.4 is 10.5 Å². The van der Waals surface area contributed by atoms with Gasteiger partial charge < -0.3 is 9.88 Å². The number of carbonyl (C=O) groups excluding carboxylic acids is 1. The van der Waals surface area contributed by atoms with Crippen molar-refractivity contribution in [3.63, 3.8) is 0 Å². The lowest BCUT2D eigenvalue weighted by molar-refractivity contribution is -0.116. The average Bonchev–Trinajstić information content (AvgIpc) is 3.05. The Morgan fingerprint density at radius 3 is 2.89 bits per heavy atom. The summed E-state index contributed by atoms with van der Waals surface area (Å²) >= 11 is 2.93. The SMILES string of the molecule is CCN(C(=O)CSc1nc2sc3c(c2c(=O)[nH]1)CC[C@@H](C)C3)c1ccccc1. The monoisotopic (exact) mass is 413 g/mol. The van der Waals surface area contributed by atoms with Gasteiger partial charge in [0.05, 0.1) is 11.1 Å². The number of benzene rings is 1. The fourth-order valence-corrected chi connectivity index (χ4v) is 5.89. The molecule has 5 nitrogen and oxygen atoms in total. The van der Waals surface area contributed by atoms with Crippen LogP contribution in [-0.2, 0) is 17.6 Å². The van der Waals surface area contributed by atoms with Gasteiger partial charge in [-0.05, 0) is 49.8 Å². The molecule has 0 saturated carbocycles. The summed E-state index contributed by atoms with van der Waals surface area (Å²) in [7, 11) is 0. The molecule has 146 valence electrons. The third-order valence-corrected chi connectivity index (χ3v) is 7.17. The van der Waals surface area contributed by atoms with Crippen molar-refractivity contribution in [2.75, 3.05) is 17.2 Å². The van der Waals surface area contributed by atoms with Gasteiger partial charge in [-0.2, -0.15) is 0 Å². The largest absolute Gasteiger partial charge is 0.312 e. The third kappa shape index (κ3) is 3.73. The molecule has 1 atom stereocenters. The van der Waals surface area contributed by atoms with E-state index in [-0.39, 0.29) is 17.2 Å². The second kappa shape index (κ2) is 8.09. The summed E-state index contributed by atoms with van der Waals surface area (Å²) in [6.45, 7) is 4.81. The summed E-state index contributed by atoms with van der Waals surface area (Å²) in [4.78, 5) is 36.7. The number of anilines is 1. The van der Waals surface area contributed by atoms with Crippen molar-refractivity contribution in [3.05, 3.63) is 51.1 Å². The molecule has 0 saturated heterocycles. The van der Waals surface area contributed by atoms with Crippen molar-refractivity contribution in [2.24, 2.45) is 5.92 Å². The third-order valence-electron chi connectivity index (χ3n) is 5.16. The summed E-state index contributed by atoms with van der Waals surface area (Å²) in [5, 5.41) is 1.27. The van der Waals surface area contributed by atoms with Gasteiger partial charge in [0.1, 0.15) is 4.83 Å². The van der Waals surface area contributed by atoms with Crippen LogP contribution in [0.25, 0.3) is 10.2 Å². The minimum absolute atomic E-state index is 0.000690. The Bertz CT molecular complexity index is 1060. The van der Waals surface area contributed by atoms with E-state index in [9.17, 15) is 9.59 Å². The molecule has 1 aromatic carbocycles. The summed E-state index contributed by atoms with van der Waals surface area (Å²) in [6.07, 6.45) is 3.10. The first-order chi connectivity index (χ1) is 13.6. The molecule has 7 heteroatoms. The second-order valence-electron chi connectivity index (χ2n) is 7.17. The van der Waals surface area contributed by atoms with E-state index in [2.05, 4.69) is 16.9 Å². The smallest absolute Gasteiger partial charge is 0.260 e. The van der Waals surface area contributed by atoms with Crippen LogP contribution in [0.1, 0.15) is 30.7 Å². The van der Waals surface area contributed by atoms with Crippen LogP contribution in [0.2, 0.25) is 0 Å². The fourth-order valence-electron chi connectivity index (χ4n) is 3.72. The first-order valence-corrected chi connectivity index (χ1v) is 11.4. The van der Waals surface area contributed by atoms with E-state index in [0.29, 0.717) is 17.6 Å². The van der Waals surface area contributed by atoms with Gasteiger partial charge in [0.25, 0.3) is 5.56 Å². The van der Waals surface area contributed by atoms with Crippen LogP contribution in [0, 0.1) is 5.92 Å². The zero-order chi connectivity index (χ0) is 19.7. The Morgan fingerprint density at radius 2 is 2.14 bits per heavy atom. The number of carbonyl (C=O) groups is 1. The Hall–Kier alpha value is -2.12. The fraction of sp³-hybridized carbons (Fsp3) is 0.381. The number of hydrogen-bond acceptors (Lipinski definition) is 5. The first-order valence-electron chi connectivity index (χ1n) is 9.59. The second-order valence-corrected chi connectivity index (χ2v) is 9.21. The van der Waals surface area contributed by atoms with Crippen molar-refractivity contribution < 1.29 is 4.79 Å². The lowest BCUT2D eigenvalue weighted by atomic mass is 9.89. The highest BCUT2D eigenvalue weighted by molar-refractivity contribution is 7.99. The van der Waals surface area contributed by atoms with Crippen LogP contribution in [0.5, 0.6) is 0 Å². The maximum absolute atomic E-state index is 12.7. The predicted octanol–water partition coefficient (Wildman–Crippen LogP) is 4.25. The summed E-state index contributed by atoms with van der Waals surface area (Å²) in [5.74, 6) is 0.893. The molecule has 0 aliphatic heterocycles. The van der Waals surface area contributed by atoms with Gasteiger partial charge in [-0.25, -0.2) is 4.98 Å². The molecule has 0 spiro atoms. The number of hydrogen-bond donors (Lipinski definition) is 1. The molecule has 2 aromatic heterocycles. The number of rotatable bonds is 5. The van der Waals surface area contributed by atoms with Gasteiger partial charge in [-0.15, -0.1) is 11.3 Å². The molecule has 1 N–H and O–H groups in total. The van der Waals surface area contributed by atoms with Crippen LogP contribution in [-0.4, -0.2) is 28.2 Å². The Kier molecular flexibility index (Phi) is 5.55. The Balaban J connectivity index is 1.54. The number of fused-ring (bicyclic) bond motifs is 3. The topological polar surface area (TPSA) is 66.1 Å². The van der Waals surface area contributed by atoms with Gasteiger partial charge in [-0.1, -0.05) is 36.9 Å². The van der Waals surface area contributed by atoms with Gasteiger partial charge in [-0.3, -0.25) is 9.59 Å². The van der Waals surface area contributed by atoms with E-state index in [4.69, 9.17) is 0 Å². The van der Waals surface area contributed by atoms with Crippen LogP contribution in [0.3, 0.4) is 0 Å². The molecule has 3 aromatic rings. The molecular weight excluding hydrogens is 390 g/mol. The number of aromatic amines is 1. The predicted molar refractivity (Wildman–Crippen MR) is 117 cm³/mol. The van der Waals surface area contributed by atoms with Crippen molar-refractivity contribution in [3.8, 4) is 0 Å². The number of thioether (sulfide) groups is 1. The van der Waals surface area contributed by atoms with Crippen LogP contribution >= 0.6 is 23.1 Å². The molecule has 0 radical (unpaired) electrons. The highest BCUT2D eigenvalue weighted by Gasteiger charge is 2.23. The minimum Gasteiger partial charge on any atom is -0.312 e. The quantitative estimate of drug-likeness (QED) is 0.501. The van der Waals surface area contributed by atoms with Gasteiger partial charge in [0.15, 0.2) is 5.16 Å². The van der Waals surface area contributed by atoms with Gasteiger partial charge in [0.2, 0.25) is 5.91 Å². The molecule has 4 rings (SSSR count). The van der Waals surface area contributed by atoms with E-state index < -0.39 is 0 Å². The molecule has 1 amide bonds. The number of thiophene rings is 1. The molecular formula is C21H23N3O2S2. The van der Waals surface area contributed by atoms with E-state index in [1.54, 1.807) is 16.2 Å². The standard InChI is InChI=1S/C21H23N3O2S2/c1-3-24(14-7-5-4-6-8-14)17(25)12-27-21-22-19(26)18-15-10-9-13(2)11-16(15)28-20(18)23-21/h4-8,13H,3,9-12H2,1-2H3,(H,22,23,26)/t13-/m1/s1. The van der Waals surface area contributed by atoms with Crippen molar-refractivity contribution in [2.45, 2.75) is 38.3 Å². The average molecular weight is 414 g/mol. The lowest BCUT2D eigenvalue weighted by Gasteiger charge is -2.20.